The molecule has 0 aliphatic heterocycles. The Bertz CT molecular complexity index is 515. The van der Waals surface area contributed by atoms with Crippen molar-refractivity contribution in [2.75, 3.05) is 14.1 Å². The van der Waals surface area contributed by atoms with E-state index in [0.29, 0.717) is 11.5 Å². The third-order valence-electron chi connectivity index (χ3n) is 2.20. The molecule has 0 saturated carbocycles. The summed E-state index contributed by atoms with van der Waals surface area (Å²) in [4.78, 5) is 1.73. The van der Waals surface area contributed by atoms with E-state index in [1.165, 1.54) is 0 Å². The molecular formula is C10H11BrN4. The molecule has 15 heavy (non-hydrogen) atoms. The van der Waals surface area contributed by atoms with Crippen LogP contribution >= 0.6 is 15.9 Å². The van der Waals surface area contributed by atoms with Gasteiger partial charge in [0.25, 0.3) is 0 Å². The summed E-state index contributed by atoms with van der Waals surface area (Å²) in [6.07, 6.45) is 0. The summed E-state index contributed by atoms with van der Waals surface area (Å²) in [5, 5.41) is 15.9. The Balaban J connectivity index is 2.59. The lowest BCUT2D eigenvalue weighted by atomic mass is 10.2. The molecule has 0 bridgehead atoms. The van der Waals surface area contributed by atoms with Crippen LogP contribution in [0.3, 0.4) is 0 Å². The summed E-state index contributed by atoms with van der Waals surface area (Å²) in [6, 6.07) is 5.86. The number of aromatic amines is 1. The monoisotopic (exact) mass is 266 g/mol. The van der Waals surface area contributed by atoms with Crippen molar-refractivity contribution >= 4 is 32.7 Å². The number of H-pyrrole nitrogens is 1. The van der Waals surface area contributed by atoms with Gasteiger partial charge in [0.1, 0.15) is 11.5 Å². The Morgan fingerprint density at radius 1 is 1.47 bits per heavy atom. The zero-order valence-electron chi connectivity index (χ0n) is 8.50. The molecule has 4 nitrogen and oxygen atoms in total. The lowest BCUT2D eigenvalue weighted by Crippen LogP contribution is -2.22. The van der Waals surface area contributed by atoms with E-state index < -0.39 is 0 Å². The number of hydrogen-bond donors (Lipinski definition) is 2. The molecule has 0 fully saturated rings. The zero-order chi connectivity index (χ0) is 11.0. The van der Waals surface area contributed by atoms with Crippen molar-refractivity contribution < 1.29 is 0 Å². The number of halogens is 1. The maximum absolute atomic E-state index is 7.87. The standard InChI is InChI=1S/C10H11BrN4/c1-15(2)10(12)9-7-4-3-6(11)5-8(7)13-14-9/h3-5,12H,1-2H3,(H,13,14). The molecule has 1 heterocycles. The van der Waals surface area contributed by atoms with E-state index >= 15 is 0 Å². The third kappa shape index (κ3) is 1.74. The van der Waals surface area contributed by atoms with Crippen molar-refractivity contribution in [1.82, 2.24) is 15.1 Å². The average Bonchev–Trinajstić information content (AvgIpc) is 2.59. The second-order valence-electron chi connectivity index (χ2n) is 3.51. The van der Waals surface area contributed by atoms with Gasteiger partial charge in [-0.25, -0.2) is 0 Å². The van der Waals surface area contributed by atoms with Gasteiger partial charge in [-0.15, -0.1) is 0 Å². The summed E-state index contributed by atoms with van der Waals surface area (Å²) in [6.45, 7) is 0. The number of hydrogen-bond acceptors (Lipinski definition) is 2. The van der Waals surface area contributed by atoms with Crippen molar-refractivity contribution in [1.29, 1.82) is 5.41 Å². The van der Waals surface area contributed by atoms with E-state index in [9.17, 15) is 0 Å². The molecule has 78 valence electrons. The van der Waals surface area contributed by atoms with Crippen molar-refractivity contribution in [3.05, 3.63) is 28.4 Å². The Morgan fingerprint density at radius 3 is 2.87 bits per heavy atom. The molecule has 0 unspecified atom stereocenters. The van der Waals surface area contributed by atoms with E-state index in [4.69, 9.17) is 5.41 Å². The van der Waals surface area contributed by atoms with Gasteiger partial charge in [0.05, 0.1) is 5.52 Å². The molecule has 0 spiro atoms. The van der Waals surface area contributed by atoms with Gasteiger partial charge in [-0.05, 0) is 18.2 Å². The summed E-state index contributed by atoms with van der Waals surface area (Å²) in [7, 11) is 3.67. The Labute approximate surface area is 95.9 Å². The minimum absolute atomic E-state index is 0.406. The largest absolute Gasteiger partial charge is 0.361 e. The fourth-order valence-corrected chi connectivity index (χ4v) is 1.75. The summed E-state index contributed by atoms with van der Waals surface area (Å²) < 4.78 is 1.00. The van der Waals surface area contributed by atoms with Crippen LogP contribution in [0.4, 0.5) is 0 Å². The molecular weight excluding hydrogens is 256 g/mol. The summed E-state index contributed by atoms with van der Waals surface area (Å²) in [5.74, 6) is 0.406. The minimum Gasteiger partial charge on any atom is -0.361 e. The lowest BCUT2D eigenvalue weighted by molar-refractivity contribution is 0.617. The normalized spacial score (nSPS) is 10.6. The maximum Gasteiger partial charge on any atom is 0.149 e. The Morgan fingerprint density at radius 2 is 2.20 bits per heavy atom. The van der Waals surface area contributed by atoms with Crippen LogP contribution in [0.5, 0.6) is 0 Å². The predicted octanol–water partition coefficient (Wildman–Crippen LogP) is 2.21. The van der Waals surface area contributed by atoms with E-state index in [2.05, 4.69) is 26.1 Å². The highest BCUT2D eigenvalue weighted by Crippen LogP contribution is 2.21. The number of amidine groups is 1. The molecule has 2 N–H and O–H groups in total. The van der Waals surface area contributed by atoms with E-state index in [1.54, 1.807) is 4.90 Å². The molecule has 1 aromatic carbocycles. The first kappa shape index (κ1) is 10.2. The van der Waals surface area contributed by atoms with Gasteiger partial charge in [0, 0.05) is 24.0 Å². The van der Waals surface area contributed by atoms with Crippen LogP contribution in [0.2, 0.25) is 0 Å². The van der Waals surface area contributed by atoms with Crippen LogP contribution in [0.1, 0.15) is 5.69 Å². The molecule has 0 amide bonds. The highest BCUT2D eigenvalue weighted by atomic mass is 79.9. The van der Waals surface area contributed by atoms with Crippen molar-refractivity contribution in [2.45, 2.75) is 0 Å². The van der Waals surface area contributed by atoms with E-state index in [0.717, 1.165) is 15.4 Å². The number of fused-ring (bicyclic) bond motifs is 1. The third-order valence-corrected chi connectivity index (χ3v) is 2.69. The predicted molar refractivity (Wildman–Crippen MR) is 64.3 cm³/mol. The Hall–Kier alpha value is -1.36. The van der Waals surface area contributed by atoms with Crippen molar-refractivity contribution in [3.8, 4) is 0 Å². The van der Waals surface area contributed by atoms with Gasteiger partial charge < -0.3 is 4.90 Å². The number of rotatable bonds is 1. The molecule has 0 aliphatic carbocycles. The summed E-state index contributed by atoms with van der Waals surface area (Å²) in [5.41, 5.74) is 1.62. The van der Waals surface area contributed by atoms with Crippen molar-refractivity contribution in [2.24, 2.45) is 0 Å². The second kappa shape index (κ2) is 3.66. The zero-order valence-corrected chi connectivity index (χ0v) is 10.1. The molecule has 5 heteroatoms. The van der Waals surface area contributed by atoms with Crippen LogP contribution in [-0.2, 0) is 0 Å². The first-order valence-electron chi connectivity index (χ1n) is 4.49. The van der Waals surface area contributed by atoms with Crippen LogP contribution in [0.15, 0.2) is 22.7 Å². The second-order valence-corrected chi connectivity index (χ2v) is 4.42. The molecule has 0 saturated heterocycles. The molecule has 2 aromatic rings. The average molecular weight is 267 g/mol. The molecule has 0 aliphatic rings. The van der Waals surface area contributed by atoms with Crippen LogP contribution in [0, 0.1) is 5.41 Å². The van der Waals surface area contributed by atoms with Gasteiger partial charge in [-0.2, -0.15) is 5.10 Å². The fourth-order valence-electron chi connectivity index (χ4n) is 1.38. The smallest absolute Gasteiger partial charge is 0.149 e. The first-order chi connectivity index (χ1) is 7.09. The highest BCUT2D eigenvalue weighted by molar-refractivity contribution is 9.10. The van der Waals surface area contributed by atoms with Gasteiger partial charge in [0.15, 0.2) is 0 Å². The van der Waals surface area contributed by atoms with Crippen LogP contribution in [0.25, 0.3) is 10.9 Å². The van der Waals surface area contributed by atoms with E-state index in [-0.39, 0.29) is 0 Å². The molecule has 1 aromatic heterocycles. The number of benzene rings is 1. The molecule has 2 rings (SSSR count). The first-order valence-corrected chi connectivity index (χ1v) is 5.29. The number of nitrogens with one attached hydrogen (secondary N) is 2. The summed E-state index contributed by atoms with van der Waals surface area (Å²) >= 11 is 3.40. The molecule has 0 radical (unpaired) electrons. The van der Waals surface area contributed by atoms with Crippen molar-refractivity contribution in [3.63, 3.8) is 0 Å². The molecule has 0 atom stereocenters. The van der Waals surface area contributed by atoms with Crippen LogP contribution < -0.4 is 0 Å². The highest BCUT2D eigenvalue weighted by Gasteiger charge is 2.11. The van der Waals surface area contributed by atoms with Gasteiger partial charge in [-0.3, -0.25) is 10.5 Å². The van der Waals surface area contributed by atoms with Gasteiger partial charge >= 0.3 is 0 Å². The quantitative estimate of drug-likeness (QED) is 0.614. The van der Waals surface area contributed by atoms with Crippen LogP contribution in [-0.4, -0.2) is 35.0 Å². The van der Waals surface area contributed by atoms with Gasteiger partial charge in [0.2, 0.25) is 0 Å². The number of aromatic nitrogens is 2. The Kier molecular flexibility index (Phi) is 2.48. The van der Waals surface area contributed by atoms with E-state index in [1.807, 2.05) is 32.3 Å². The topological polar surface area (TPSA) is 55.8 Å². The minimum atomic E-state index is 0.406. The fraction of sp³-hybridized carbons (Fsp3) is 0.200. The maximum atomic E-state index is 7.87. The lowest BCUT2D eigenvalue weighted by Gasteiger charge is -2.10. The van der Waals surface area contributed by atoms with Gasteiger partial charge in [-0.1, -0.05) is 15.9 Å². The number of nitrogens with zero attached hydrogens (tertiary/aromatic N) is 2. The SMILES string of the molecule is CN(C)C(=N)c1n[nH]c2cc(Br)ccc12.